The third-order valence-electron chi connectivity index (χ3n) is 2.77. The third-order valence-corrected chi connectivity index (χ3v) is 2.77. The minimum Gasteiger partial charge on any atom is -0.534 e. The van der Waals surface area contributed by atoms with Gasteiger partial charge in [-0.15, -0.1) is 0 Å². The number of hydrogen-bond acceptors (Lipinski definition) is 3. The van der Waals surface area contributed by atoms with E-state index < -0.39 is 18.8 Å². The summed E-state index contributed by atoms with van der Waals surface area (Å²) in [5.74, 6) is 0.604. The Bertz CT molecular complexity index is 485. The maximum Gasteiger partial charge on any atom is 0.563 e. The fourth-order valence-corrected chi connectivity index (χ4v) is 1.63. The van der Waals surface area contributed by atoms with Gasteiger partial charge in [0.2, 0.25) is 0 Å². The van der Waals surface area contributed by atoms with Crippen LogP contribution in [0.15, 0.2) is 36.6 Å². The molecule has 94 valence electrons. The minimum absolute atomic E-state index is 0.463. The van der Waals surface area contributed by atoms with Gasteiger partial charge in [0.15, 0.2) is 0 Å². The predicted molar refractivity (Wildman–Crippen MR) is 70.4 cm³/mol. The van der Waals surface area contributed by atoms with E-state index in [1.807, 2.05) is 26.0 Å². The van der Waals surface area contributed by atoms with Crippen LogP contribution in [0.5, 0.6) is 0 Å². The monoisotopic (exact) mass is 246 g/mol. The smallest absolute Gasteiger partial charge is 0.534 e. The lowest BCUT2D eigenvalue weighted by atomic mass is 9.79. The van der Waals surface area contributed by atoms with E-state index in [0.717, 1.165) is 5.46 Å². The number of hydrogen-bond donors (Lipinski definition) is 2. The van der Waals surface area contributed by atoms with E-state index >= 15 is 0 Å². The van der Waals surface area contributed by atoms with Crippen molar-refractivity contribution in [3.8, 4) is 0 Å². The van der Waals surface area contributed by atoms with Crippen LogP contribution in [0.3, 0.4) is 0 Å². The van der Waals surface area contributed by atoms with Gasteiger partial charge in [0, 0.05) is 5.69 Å². The van der Waals surface area contributed by atoms with E-state index in [2.05, 4.69) is 11.9 Å². The Morgan fingerprint density at radius 2 is 2.00 bits per heavy atom. The van der Waals surface area contributed by atoms with E-state index in [4.69, 9.17) is 15.0 Å². The highest BCUT2D eigenvalue weighted by atomic mass is 16.7. The molecule has 1 aliphatic heterocycles. The summed E-state index contributed by atoms with van der Waals surface area (Å²) in [5, 5.41) is 2.49. The van der Waals surface area contributed by atoms with Gasteiger partial charge in [-0.2, -0.15) is 0 Å². The second-order valence-electron chi connectivity index (χ2n) is 4.61. The molecule has 0 unspecified atom stereocenters. The molecule has 0 aliphatic carbocycles. The molecule has 0 aromatic heterocycles. The largest absolute Gasteiger partial charge is 0.563 e. The van der Waals surface area contributed by atoms with Crippen LogP contribution in [-0.2, 0) is 9.31 Å². The van der Waals surface area contributed by atoms with E-state index in [1.54, 1.807) is 12.1 Å². The summed E-state index contributed by atoms with van der Waals surface area (Å²) >= 11 is 0. The third kappa shape index (κ3) is 2.48. The lowest BCUT2D eigenvalue weighted by Crippen LogP contribution is -2.34. The zero-order valence-electron chi connectivity index (χ0n) is 10.4. The van der Waals surface area contributed by atoms with Gasteiger partial charge in [0.1, 0.15) is 5.60 Å². The molecule has 3 N–H and O–H groups in total. The zero-order valence-corrected chi connectivity index (χ0v) is 10.4. The van der Waals surface area contributed by atoms with Crippen LogP contribution in [0.1, 0.15) is 13.8 Å². The number of rotatable bonds is 2. The highest BCUT2D eigenvalue weighted by Crippen LogP contribution is 2.29. The average molecular weight is 246 g/mol. The van der Waals surface area contributed by atoms with Crippen LogP contribution >= 0.6 is 0 Å². The molecule has 5 nitrogen and oxygen atoms in total. The van der Waals surface area contributed by atoms with Crippen molar-refractivity contribution in [3.63, 3.8) is 0 Å². The van der Waals surface area contributed by atoms with Gasteiger partial charge >= 0.3 is 13.1 Å². The van der Waals surface area contributed by atoms with Crippen LogP contribution in [0.2, 0.25) is 0 Å². The molecule has 0 spiro atoms. The molecule has 2 rings (SSSR count). The molecule has 1 fully saturated rings. The summed E-state index contributed by atoms with van der Waals surface area (Å²) in [6.07, 6.45) is 0. The number of nitrogens with one attached hydrogen (secondary N) is 1. The molecule has 6 heteroatoms. The van der Waals surface area contributed by atoms with Crippen LogP contribution < -0.4 is 16.5 Å². The molecule has 18 heavy (non-hydrogen) atoms. The van der Waals surface area contributed by atoms with Gasteiger partial charge in [-0.1, -0.05) is 18.7 Å². The lowest BCUT2D eigenvalue weighted by molar-refractivity contribution is 0.173. The maximum atomic E-state index is 10.7. The summed E-state index contributed by atoms with van der Waals surface area (Å²) < 4.78 is 11.3. The van der Waals surface area contributed by atoms with Crippen LogP contribution in [0, 0.1) is 0 Å². The Balaban J connectivity index is 2.12. The number of primary amides is 1. The zero-order chi connectivity index (χ0) is 13.3. The number of carbonyl (C=O) groups is 1. The van der Waals surface area contributed by atoms with E-state index in [1.165, 1.54) is 0 Å². The quantitative estimate of drug-likeness (QED) is 0.770. The van der Waals surface area contributed by atoms with Crippen molar-refractivity contribution < 1.29 is 14.1 Å². The van der Waals surface area contributed by atoms with Crippen LogP contribution in [0.25, 0.3) is 0 Å². The van der Waals surface area contributed by atoms with E-state index in [0.29, 0.717) is 11.4 Å². The van der Waals surface area contributed by atoms with Crippen molar-refractivity contribution >= 4 is 24.3 Å². The highest BCUT2D eigenvalue weighted by molar-refractivity contribution is 6.62. The second kappa shape index (κ2) is 4.38. The second-order valence-corrected chi connectivity index (χ2v) is 4.61. The van der Waals surface area contributed by atoms with Crippen molar-refractivity contribution in [2.75, 3.05) is 5.32 Å². The van der Waals surface area contributed by atoms with Crippen molar-refractivity contribution in [1.82, 2.24) is 0 Å². The standard InChI is InChI=1S/C12H15BN2O3/c1-8-12(2,3)18-13(17-8)9-4-6-10(7-5-9)15-11(14)16/h4-7H,1H2,2-3H3,(H3,14,15,16). The molecule has 1 saturated heterocycles. The number of urea groups is 1. The first kappa shape index (κ1) is 12.5. The molecule has 1 aromatic carbocycles. The van der Waals surface area contributed by atoms with Gasteiger partial charge < -0.3 is 20.4 Å². The summed E-state index contributed by atoms with van der Waals surface area (Å²) in [6, 6.07) is 6.50. The fourth-order valence-electron chi connectivity index (χ4n) is 1.63. The lowest BCUT2D eigenvalue weighted by Gasteiger charge is -2.15. The van der Waals surface area contributed by atoms with Gasteiger partial charge in [-0.25, -0.2) is 4.79 Å². The number of nitrogens with two attached hydrogens (primary N) is 1. The Morgan fingerprint density at radius 3 is 2.44 bits per heavy atom. The molecule has 0 radical (unpaired) electrons. The molecule has 1 aromatic rings. The fraction of sp³-hybridized carbons (Fsp3) is 0.250. The maximum absolute atomic E-state index is 10.7. The summed E-state index contributed by atoms with van der Waals surface area (Å²) in [7, 11) is -0.463. The highest BCUT2D eigenvalue weighted by Gasteiger charge is 2.42. The summed E-state index contributed by atoms with van der Waals surface area (Å²) in [5.41, 5.74) is 6.02. The topological polar surface area (TPSA) is 73.6 Å². The molecule has 1 aliphatic rings. The summed E-state index contributed by atoms with van der Waals surface area (Å²) in [6.45, 7) is 7.62. The normalized spacial score (nSPS) is 17.4. The summed E-state index contributed by atoms with van der Waals surface area (Å²) in [4.78, 5) is 10.7. The van der Waals surface area contributed by atoms with Crippen molar-refractivity contribution in [2.45, 2.75) is 19.4 Å². The number of carbonyl (C=O) groups excluding carboxylic acids is 1. The molecule has 0 atom stereocenters. The number of benzene rings is 1. The first-order chi connectivity index (χ1) is 8.38. The van der Waals surface area contributed by atoms with Gasteiger partial charge in [0.25, 0.3) is 0 Å². The SMILES string of the molecule is C=C1OB(c2ccc(NC(N)=O)cc2)OC1(C)C. The first-order valence-electron chi connectivity index (χ1n) is 5.59. The molecule has 0 saturated carbocycles. The predicted octanol–water partition coefficient (Wildman–Crippen LogP) is 1.21. The molecular weight excluding hydrogens is 231 g/mol. The van der Waals surface area contributed by atoms with E-state index in [9.17, 15) is 4.79 Å². The number of anilines is 1. The first-order valence-corrected chi connectivity index (χ1v) is 5.59. The van der Waals surface area contributed by atoms with Gasteiger partial charge in [0.05, 0.1) is 5.76 Å². The Labute approximate surface area is 106 Å². The molecule has 1 heterocycles. The Hall–Kier alpha value is -1.95. The van der Waals surface area contributed by atoms with Gasteiger partial charge in [-0.05, 0) is 31.4 Å². The van der Waals surface area contributed by atoms with E-state index in [-0.39, 0.29) is 0 Å². The average Bonchev–Trinajstić information content (AvgIpc) is 2.54. The number of amides is 2. The van der Waals surface area contributed by atoms with Gasteiger partial charge in [-0.3, -0.25) is 0 Å². The van der Waals surface area contributed by atoms with Crippen molar-refractivity contribution in [2.24, 2.45) is 5.73 Å². The molecular formula is C12H15BN2O3. The molecule has 0 bridgehead atoms. The van der Waals surface area contributed by atoms with Crippen molar-refractivity contribution in [3.05, 3.63) is 36.6 Å². The van der Waals surface area contributed by atoms with Crippen molar-refractivity contribution in [1.29, 1.82) is 0 Å². The molecule has 2 amide bonds. The van der Waals surface area contributed by atoms with Crippen LogP contribution in [0.4, 0.5) is 10.5 Å². The Kier molecular flexibility index (Phi) is 3.04. The minimum atomic E-state index is -0.592. The van der Waals surface area contributed by atoms with Crippen LogP contribution in [-0.4, -0.2) is 18.8 Å². The Morgan fingerprint density at radius 1 is 1.39 bits per heavy atom.